The molecule has 0 amide bonds. The Morgan fingerprint density at radius 2 is 2.21 bits per heavy atom. The van der Waals surface area contributed by atoms with Crippen LogP contribution in [0.15, 0.2) is 28.8 Å². The minimum Gasteiger partial charge on any atom is -0.441 e. The molecular weight excluding hydrogens is 183 g/mol. The van der Waals surface area contributed by atoms with E-state index >= 15 is 0 Å². The number of hydrogen-bond acceptors (Lipinski definition) is 3. The normalized spacial score (nSPS) is 10.4. The molecule has 0 atom stereocenters. The third-order valence-electron chi connectivity index (χ3n) is 1.90. The quantitative estimate of drug-likeness (QED) is 0.705. The SMILES string of the molecule is Cc1ncc(-c2ccc(F)c(N)c2)o1. The summed E-state index contributed by atoms with van der Waals surface area (Å²) in [7, 11) is 0. The molecule has 0 bridgehead atoms. The Bertz CT molecular complexity index is 465. The minimum absolute atomic E-state index is 0.108. The van der Waals surface area contributed by atoms with Crippen LogP contribution in [0.1, 0.15) is 5.89 Å². The number of benzene rings is 1. The first-order chi connectivity index (χ1) is 6.66. The lowest BCUT2D eigenvalue weighted by Gasteiger charge is -1.99. The van der Waals surface area contributed by atoms with Crippen LogP contribution < -0.4 is 5.73 Å². The zero-order valence-corrected chi connectivity index (χ0v) is 7.62. The van der Waals surface area contributed by atoms with Crippen molar-refractivity contribution >= 4 is 5.69 Å². The van der Waals surface area contributed by atoms with Gasteiger partial charge >= 0.3 is 0 Å². The Morgan fingerprint density at radius 1 is 1.43 bits per heavy atom. The van der Waals surface area contributed by atoms with Gasteiger partial charge in [-0.05, 0) is 18.2 Å². The van der Waals surface area contributed by atoms with Gasteiger partial charge in [-0.1, -0.05) is 0 Å². The fourth-order valence-corrected chi connectivity index (χ4v) is 1.19. The van der Waals surface area contributed by atoms with E-state index in [1.54, 1.807) is 19.2 Å². The third-order valence-corrected chi connectivity index (χ3v) is 1.90. The van der Waals surface area contributed by atoms with E-state index in [2.05, 4.69) is 4.98 Å². The maximum absolute atomic E-state index is 12.8. The summed E-state index contributed by atoms with van der Waals surface area (Å²) in [5.41, 5.74) is 6.26. The summed E-state index contributed by atoms with van der Waals surface area (Å²) in [6.07, 6.45) is 1.59. The summed E-state index contributed by atoms with van der Waals surface area (Å²) < 4.78 is 18.1. The van der Waals surface area contributed by atoms with Crippen molar-refractivity contribution in [3.05, 3.63) is 36.1 Å². The lowest BCUT2D eigenvalue weighted by atomic mass is 10.1. The number of anilines is 1. The van der Waals surface area contributed by atoms with Crippen molar-refractivity contribution in [2.24, 2.45) is 0 Å². The van der Waals surface area contributed by atoms with E-state index in [1.165, 1.54) is 12.1 Å². The Morgan fingerprint density at radius 3 is 2.79 bits per heavy atom. The van der Waals surface area contributed by atoms with Crippen molar-refractivity contribution in [3.8, 4) is 11.3 Å². The largest absolute Gasteiger partial charge is 0.441 e. The van der Waals surface area contributed by atoms with Crippen LogP contribution in [0.2, 0.25) is 0 Å². The second-order valence-electron chi connectivity index (χ2n) is 2.98. The highest BCUT2D eigenvalue weighted by atomic mass is 19.1. The number of nitrogens with zero attached hydrogens (tertiary/aromatic N) is 1. The smallest absolute Gasteiger partial charge is 0.191 e. The fourth-order valence-electron chi connectivity index (χ4n) is 1.19. The van der Waals surface area contributed by atoms with Crippen LogP contribution in [0.5, 0.6) is 0 Å². The van der Waals surface area contributed by atoms with Crippen LogP contribution >= 0.6 is 0 Å². The fraction of sp³-hybridized carbons (Fsp3) is 0.100. The number of aromatic nitrogens is 1. The number of nitrogen functional groups attached to an aromatic ring is 1. The molecule has 0 aliphatic carbocycles. The molecular formula is C10H9FN2O. The number of oxazole rings is 1. The van der Waals surface area contributed by atoms with Crippen LogP contribution in [-0.4, -0.2) is 4.98 Å². The predicted molar refractivity (Wildman–Crippen MR) is 51.0 cm³/mol. The molecule has 2 rings (SSSR count). The highest BCUT2D eigenvalue weighted by molar-refractivity contribution is 5.62. The molecule has 0 spiro atoms. The summed E-state index contributed by atoms with van der Waals surface area (Å²) in [4.78, 5) is 3.94. The number of halogens is 1. The Hall–Kier alpha value is -1.84. The van der Waals surface area contributed by atoms with Gasteiger partial charge in [0.25, 0.3) is 0 Å². The lowest BCUT2D eigenvalue weighted by Crippen LogP contribution is -1.90. The predicted octanol–water partition coefficient (Wildman–Crippen LogP) is 2.37. The van der Waals surface area contributed by atoms with Gasteiger partial charge in [-0.2, -0.15) is 0 Å². The molecule has 2 aromatic rings. The molecule has 0 unspecified atom stereocenters. The van der Waals surface area contributed by atoms with Crippen molar-refractivity contribution < 1.29 is 8.81 Å². The van der Waals surface area contributed by atoms with Crippen molar-refractivity contribution in [1.82, 2.24) is 4.98 Å². The van der Waals surface area contributed by atoms with Gasteiger partial charge in [0.2, 0.25) is 0 Å². The Labute approximate surface area is 80.4 Å². The van der Waals surface area contributed by atoms with E-state index in [0.717, 1.165) is 5.56 Å². The molecule has 0 saturated heterocycles. The maximum atomic E-state index is 12.8. The molecule has 0 radical (unpaired) electrons. The van der Waals surface area contributed by atoms with Gasteiger partial charge in [-0.3, -0.25) is 0 Å². The summed E-state index contributed by atoms with van der Waals surface area (Å²) in [6.45, 7) is 1.75. The minimum atomic E-state index is -0.426. The molecule has 1 heterocycles. The van der Waals surface area contributed by atoms with Crippen LogP contribution in [-0.2, 0) is 0 Å². The standard InChI is InChI=1S/C10H9FN2O/c1-6-13-5-10(14-6)7-2-3-8(11)9(12)4-7/h2-5H,12H2,1H3. The Kier molecular flexibility index (Phi) is 1.96. The van der Waals surface area contributed by atoms with E-state index < -0.39 is 5.82 Å². The zero-order valence-electron chi connectivity index (χ0n) is 7.62. The van der Waals surface area contributed by atoms with Gasteiger partial charge in [0.05, 0.1) is 11.9 Å². The van der Waals surface area contributed by atoms with Crippen LogP contribution in [0.4, 0.5) is 10.1 Å². The molecule has 2 N–H and O–H groups in total. The van der Waals surface area contributed by atoms with Crippen LogP contribution in [0.3, 0.4) is 0 Å². The topological polar surface area (TPSA) is 52.0 Å². The third kappa shape index (κ3) is 1.46. The first-order valence-electron chi connectivity index (χ1n) is 4.14. The molecule has 4 heteroatoms. The zero-order chi connectivity index (χ0) is 10.1. The summed E-state index contributed by atoms with van der Waals surface area (Å²) in [5.74, 6) is 0.738. The Balaban J connectivity index is 2.47. The molecule has 1 aromatic carbocycles. The van der Waals surface area contributed by atoms with Crippen LogP contribution in [0, 0.1) is 12.7 Å². The summed E-state index contributed by atoms with van der Waals surface area (Å²) in [5, 5.41) is 0. The average molecular weight is 192 g/mol. The molecule has 0 aliphatic rings. The first-order valence-corrected chi connectivity index (χ1v) is 4.14. The van der Waals surface area contributed by atoms with Gasteiger partial charge < -0.3 is 10.2 Å². The molecule has 1 aromatic heterocycles. The van der Waals surface area contributed by atoms with Crippen molar-refractivity contribution in [1.29, 1.82) is 0 Å². The van der Waals surface area contributed by atoms with E-state index in [0.29, 0.717) is 11.7 Å². The van der Waals surface area contributed by atoms with Crippen LogP contribution in [0.25, 0.3) is 11.3 Å². The monoisotopic (exact) mass is 192 g/mol. The first kappa shape index (κ1) is 8.74. The summed E-state index contributed by atoms with van der Waals surface area (Å²) >= 11 is 0. The molecule has 14 heavy (non-hydrogen) atoms. The molecule has 0 saturated carbocycles. The summed E-state index contributed by atoms with van der Waals surface area (Å²) in [6, 6.07) is 4.43. The number of aryl methyl sites for hydroxylation is 1. The second kappa shape index (κ2) is 3.14. The maximum Gasteiger partial charge on any atom is 0.191 e. The van der Waals surface area contributed by atoms with Crippen molar-refractivity contribution in [2.45, 2.75) is 6.92 Å². The van der Waals surface area contributed by atoms with E-state index in [4.69, 9.17) is 10.2 Å². The molecule has 0 fully saturated rings. The average Bonchev–Trinajstić information content (AvgIpc) is 2.57. The number of nitrogens with two attached hydrogens (primary N) is 1. The van der Waals surface area contributed by atoms with E-state index in [-0.39, 0.29) is 5.69 Å². The highest BCUT2D eigenvalue weighted by Gasteiger charge is 2.05. The van der Waals surface area contributed by atoms with Gasteiger partial charge in [-0.25, -0.2) is 9.37 Å². The lowest BCUT2D eigenvalue weighted by molar-refractivity contribution is 0.534. The van der Waals surface area contributed by atoms with E-state index in [9.17, 15) is 4.39 Å². The highest BCUT2D eigenvalue weighted by Crippen LogP contribution is 2.23. The molecule has 0 aliphatic heterocycles. The van der Waals surface area contributed by atoms with Gasteiger partial charge in [0.1, 0.15) is 5.82 Å². The van der Waals surface area contributed by atoms with Crippen molar-refractivity contribution in [3.63, 3.8) is 0 Å². The van der Waals surface area contributed by atoms with Gasteiger partial charge in [0.15, 0.2) is 11.7 Å². The molecule has 3 nitrogen and oxygen atoms in total. The number of rotatable bonds is 1. The van der Waals surface area contributed by atoms with Gasteiger partial charge in [-0.15, -0.1) is 0 Å². The molecule has 72 valence electrons. The van der Waals surface area contributed by atoms with E-state index in [1.807, 2.05) is 0 Å². The number of hydrogen-bond donors (Lipinski definition) is 1. The second-order valence-corrected chi connectivity index (χ2v) is 2.98. The van der Waals surface area contributed by atoms with Gasteiger partial charge in [0, 0.05) is 12.5 Å². The van der Waals surface area contributed by atoms with Crippen molar-refractivity contribution in [2.75, 3.05) is 5.73 Å².